The van der Waals surface area contributed by atoms with Crippen LogP contribution in [0.15, 0.2) is 71.3 Å². The van der Waals surface area contributed by atoms with E-state index in [1.165, 1.54) is 17.4 Å². The summed E-state index contributed by atoms with van der Waals surface area (Å²) in [4.78, 5) is 23.1. The molecule has 6 aromatic rings. The van der Waals surface area contributed by atoms with E-state index in [0.29, 0.717) is 63.3 Å². The molecule has 222 valence electrons. The standard InChI is InChI=1S/C34H29FN4O4S/c1-5-30(40)32-23-15-22(28(38(3)44(4,41)42)17-31(23)43-34(32)20-11-9-19(2)10-12-20)26-18-36-25-13-14-39-27-8-6-7-24(35)21(27)16-29(39)33(25)37-26/h6-12,15-18H,5,13-14H2,1-4H3. The van der Waals surface area contributed by atoms with Crippen molar-refractivity contribution in [3.8, 4) is 34.0 Å². The van der Waals surface area contributed by atoms with Crippen LogP contribution in [0.3, 0.4) is 0 Å². The smallest absolute Gasteiger partial charge is 0.232 e. The van der Waals surface area contributed by atoms with Gasteiger partial charge in [0.15, 0.2) is 5.78 Å². The van der Waals surface area contributed by atoms with Crippen molar-refractivity contribution in [2.45, 2.75) is 33.2 Å². The van der Waals surface area contributed by atoms with Crippen LogP contribution in [0, 0.1) is 12.7 Å². The summed E-state index contributed by atoms with van der Waals surface area (Å²) in [6, 6.07) is 17.9. The lowest BCUT2D eigenvalue weighted by molar-refractivity contribution is 0.0989. The fourth-order valence-electron chi connectivity index (χ4n) is 5.97. The van der Waals surface area contributed by atoms with Gasteiger partial charge in [-0.2, -0.15) is 0 Å². The van der Waals surface area contributed by atoms with E-state index in [1.807, 2.05) is 41.8 Å². The summed E-state index contributed by atoms with van der Waals surface area (Å²) in [6.45, 7) is 4.41. The van der Waals surface area contributed by atoms with Gasteiger partial charge in [0.2, 0.25) is 10.0 Å². The second-order valence-electron chi connectivity index (χ2n) is 11.2. The maximum atomic E-state index is 14.7. The average molecular weight is 609 g/mol. The number of halogens is 1. The number of aryl methyl sites for hydroxylation is 3. The van der Waals surface area contributed by atoms with Crippen molar-refractivity contribution in [2.75, 3.05) is 17.6 Å². The third-order valence-corrected chi connectivity index (χ3v) is 9.58. The Hall–Kier alpha value is -4.83. The van der Waals surface area contributed by atoms with E-state index in [4.69, 9.17) is 14.4 Å². The topological polar surface area (TPSA) is 98.3 Å². The predicted molar refractivity (Wildman–Crippen MR) is 170 cm³/mol. The highest BCUT2D eigenvalue weighted by molar-refractivity contribution is 7.92. The first kappa shape index (κ1) is 28.0. The summed E-state index contributed by atoms with van der Waals surface area (Å²) in [6.07, 6.45) is 3.62. The second kappa shape index (κ2) is 10.1. The van der Waals surface area contributed by atoms with Crippen LogP contribution in [-0.2, 0) is 23.0 Å². The molecule has 0 fully saturated rings. The summed E-state index contributed by atoms with van der Waals surface area (Å²) < 4.78 is 49.9. The zero-order valence-electron chi connectivity index (χ0n) is 24.7. The molecule has 0 bridgehead atoms. The van der Waals surface area contributed by atoms with Crippen LogP contribution >= 0.6 is 0 Å². The number of carbonyl (C=O) groups is 1. The molecule has 0 unspecified atom stereocenters. The number of anilines is 1. The van der Waals surface area contributed by atoms with Crippen LogP contribution in [0.5, 0.6) is 0 Å². The Morgan fingerprint density at radius 3 is 2.59 bits per heavy atom. The average Bonchev–Trinajstić information content (AvgIpc) is 3.59. The first-order chi connectivity index (χ1) is 21.0. The Bertz CT molecular complexity index is 2250. The van der Waals surface area contributed by atoms with E-state index in [9.17, 15) is 17.6 Å². The van der Waals surface area contributed by atoms with E-state index < -0.39 is 10.0 Å². The molecule has 3 aromatic heterocycles. The van der Waals surface area contributed by atoms with Crippen LogP contribution in [0.1, 0.15) is 35.0 Å². The molecule has 1 aliphatic rings. The fraction of sp³-hybridized carbons (Fsp3) is 0.206. The SMILES string of the molecule is CCC(=O)c1c(-c2ccc(C)cc2)oc2cc(N(C)S(C)(=O)=O)c(-c3cnc4c(n3)-c3cc5c(F)cccc5n3CC4)cc12. The van der Waals surface area contributed by atoms with Crippen molar-refractivity contribution in [3.63, 3.8) is 0 Å². The van der Waals surface area contributed by atoms with E-state index in [1.54, 1.807) is 37.4 Å². The maximum Gasteiger partial charge on any atom is 0.232 e. The number of carbonyl (C=O) groups excluding carboxylic acids is 1. The molecule has 1 aliphatic heterocycles. The number of hydrogen-bond acceptors (Lipinski definition) is 6. The number of fused-ring (bicyclic) bond motifs is 6. The Kier molecular flexibility index (Phi) is 6.44. The van der Waals surface area contributed by atoms with Crippen LogP contribution < -0.4 is 4.31 Å². The highest BCUT2D eigenvalue weighted by Crippen LogP contribution is 2.42. The minimum absolute atomic E-state index is 0.0995. The highest BCUT2D eigenvalue weighted by Gasteiger charge is 2.28. The van der Waals surface area contributed by atoms with Gasteiger partial charge in [-0.15, -0.1) is 0 Å². The van der Waals surface area contributed by atoms with Gasteiger partial charge in [0.05, 0.1) is 46.3 Å². The third-order valence-electron chi connectivity index (χ3n) is 8.39. The van der Waals surface area contributed by atoms with Gasteiger partial charge in [0.1, 0.15) is 22.9 Å². The minimum atomic E-state index is -3.69. The lowest BCUT2D eigenvalue weighted by Crippen LogP contribution is -2.25. The van der Waals surface area contributed by atoms with E-state index in [2.05, 4.69) is 0 Å². The van der Waals surface area contributed by atoms with Gasteiger partial charge in [0, 0.05) is 54.4 Å². The quantitative estimate of drug-likeness (QED) is 0.186. The van der Waals surface area contributed by atoms with Gasteiger partial charge in [-0.3, -0.25) is 14.1 Å². The molecule has 0 atom stereocenters. The molecule has 0 amide bonds. The van der Waals surface area contributed by atoms with Crippen molar-refractivity contribution in [1.82, 2.24) is 14.5 Å². The minimum Gasteiger partial charge on any atom is -0.455 e. The molecule has 8 nitrogen and oxygen atoms in total. The summed E-state index contributed by atoms with van der Waals surface area (Å²) in [5.41, 5.74) is 6.76. The Balaban J connectivity index is 1.50. The number of hydrogen-bond donors (Lipinski definition) is 0. The highest BCUT2D eigenvalue weighted by atomic mass is 32.2. The van der Waals surface area contributed by atoms with E-state index >= 15 is 0 Å². The molecule has 0 aliphatic carbocycles. The van der Waals surface area contributed by atoms with Gasteiger partial charge in [-0.05, 0) is 31.2 Å². The van der Waals surface area contributed by atoms with Gasteiger partial charge in [-0.25, -0.2) is 17.8 Å². The molecule has 44 heavy (non-hydrogen) atoms. The van der Waals surface area contributed by atoms with Crippen LogP contribution in [0.2, 0.25) is 0 Å². The Morgan fingerprint density at radius 1 is 1.09 bits per heavy atom. The van der Waals surface area contributed by atoms with Gasteiger partial charge >= 0.3 is 0 Å². The largest absolute Gasteiger partial charge is 0.455 e. The molecule has 7 rings (SSSR count). The zero-order valence-corrected chi connectivity index (χ0v) is 25.5. The van der Waals surface area contributed by atoms with Gasteiger partial charge in [-0.1, -0.05) is 42.8 Å². The van der Waals surface area contributed by atoms with Crippen LogP contribution in [0.4, 0.5) is 10.1 Å². The Labute approximate surface area is 253 Å². The monoisotopic (exact) mass is 608 g/mol. The second-order valence-corrected chi connectivity index (χ2v) is 13.2. The summed E-state index contributed by atoms with van der Waals surface area (Å²) in [5.74, 6) is 0.0210. The maximum absolute atomic E-state index is 14.7. The molecule has 10 heteroatoms. The molecule has 3 aromatic carbocycles. The molecule has 0 radical (unpaired) electrons. The first-order valence-corrected chi connectivity index (χ1v) is 16.2. The fourth-order valence-corrected chi connectivity index (χ4v) is 6.48. The van der Waals surface area contributed by atoms with Crippen molar-refractivity contribution >= 4 is 43.4 Å². The molecular weight excluding hydrogens is 579 g/mol. The summed E-state index contributed by atoms with van der Waals surface area (Å²) in [5, 5.41) is 1.06. The molecule has 4 heterocycles. The van der Waals surface area contributed by atoms with Crippen LogP contribution in [0.25, 0.3) is 55.8 Å². The Morgan fingerprint density at radius 2 is 1.86 bits per heavy atom. The predicted octanol–water partition coefficient (Wildman–Crippen LogP) is 7.17. The summed E-state index contributed by atoms with van der Waals surface area (Å²) >= 11 is 0. The third kappa shape index (κ3) is 4.40. The number of aromatic nitrogens is 3. The van der Waals surface area contributed by atoms with Crippen molar-refractivity contribution in [1.29, 1.82) is 0 Å². The molecule has 0 N–H and O–H groups in total. The summed E-state index contributed by atoms with van der Waals surface area (Å²) in [7, 11) is -2.23. The molecule has 0 saturated heterocycles. The number of ketones is 1. The molecular formula is C34H29FN4O4S. The number of nitrogens with zero attached hydrogens (tertiary/aromatic N) is 4. The number of furan rings is 1. The number of rotatable bonds is 6. The molecule has 0 spiro atoms. The lowest BCUT2D eigenvalue weighted by atomic mass is 9.97. The van der Waals surface area contributed by atoms with Crippen molar-refractivity contribution in [2.24, 2.45) is 0 Å². The normalized spacial score (nSPS) is 12.8. The first-order valence-electron chi connectivity index (χ1n) is 14.3. The number of benzene rings is 3. The van der Waals surface area contributed by atoms with Gasteiger partial charge < -0.3 is 8.98 Å². The van der Waals surface area contributed by atoms with E-state index in [-0.39, 0.29) is 18.0 Å². The lowest BCUT2D eigenvalue weighted by Gasteiger charge is -2.22. The molecule has 0 saturated carbocycles. The van der Waals surface area contributed by atoms with Crippen LogP contribution in [-0.4, -0.2) is 42.0 Å². The zero-order chi connectivity index (χ0) is 30.9. The number of Topliss-reactive ketones (excluding diaryl/α,β-unsaturated/α-hetero) is 1. The number of sulfonamides is 1. The van der Waals surface area contributed by atoms with Crippen molar-refractivity contribution in [3.05, 3.63) is 89.5 Å². The van der Waals surface area contributed by atoms with E-state index in [0.717, 1.165) is 34.3 Å². The van der Waals surface area contributed by atoms with Crippen molar-refractivity contribution < 1.29 is 22.0 Å². The van der Waals surface area contributed by atoms with Gasteiger partial charge in [0.25, 0.3) is 0 Å².